The Morgan fingerprint density at radius 1 is 1.00 bits per heavy atom. The van der Waals surface area contributed by atoms with Gasteiger partial charge in [-0.2, -0.15) is 0 Å². The largest absolute Gasteiger partial charge is 0.462 e. The maximum Gasteiger partial charge on any atom is 0.302 e. The number of hydrogen-bond acceptors (Lipinski definition) is 2. The number of allylic oxidation sites excluding steroid dienone is 5. The lowest BCUT2D eigenvalue weighted by Gasteiger charge is -2.55. The minimum absolute atomic E-state index is 0.0763. The van der Waals surface area contributed by atoms with E-state index in [4.69, 9.17) is 4.74 Å². The van der Waals surface area contributed by atoms with Gasteiger partial charge in [0.05, 0.1) is 0 Å². The summed E-state index contributed by atoms with van der Waals surface area (Å²) >= 11 is 0. The normalized spacial score (nSPS) is 40.8. The van der Waals surface area contributed by atoms with Crippen LogP contribution >= 0.6 is 0 Å². The molecule has 4 rings (SSSR count). The molecule has 178 valence electrons. The summed E-state index contributed by atoms with van der Waals surface area (Å²) in [6, 6.07) is 0. The van der Waals surface area contributed by atoms with Gasteiger partial charge in [-0.3, -0.25) is 4.79 Å². The van der Waals surface area contributed by atoms with E-state index in [-0.39, 0.29) is 17.5 Å². The van der Waals surface area contributed by atoms with Crippen LogP contribution in [0.3, 0.4) is 0 Å². The first-order valence-corrected chi connectivity index (χ1v) is 13.3. The van der Waals surface area contributed by atoms with Gasteiger partial charge in [-0.25, -0.2) is 0 Å². The minimum atomic E-state index is -0.136. The number of esters is 1. The van der Waals surface area contributed by atoms with Crippen molar-refractivity contribution >= 4 is 5.97 Å². The average Bonchev–Trinajstić information content (AvgIpc) is 3.08. The standard InChI is InChI=1S/C30H46O2/c1-19(2)20(3)8-9-21(4)26-12-13-27-25-11-10-23-18-24(32-22(5)31)14-16-29(23,6)28(25)15-17-30(26,27)7/h8-11,19-21,24,26-28H,12-18H2,1-7H3/b9-8+/t20-,21+,24?,26+,27-,28-,29-,30+/m0/s1. The van der Waals surface area contributed by atoms with E-state index in [1.54, 1.807) is 12.5 Å². The fourth-order valence-corrected chi connectivity index (χ4v) is 7.92. The molecule has 32 heavy (non-hydrogen) atoms. The highest BCUT2D eigenvalue weighted by Gasteiger charge is 2.56. The number of fused-ring (bicyclic) bond motifs is 5. The van der Waals surface area contributed by atoms with Gasteiger partial charge in [-0.15, -0.1) is 0 Å². The topological polar surface area (TPSA) is 26.3 Å². The molecule has 0 heterocycles. The lowest BCUT2D eigenvalue weighted by molar-refractivity contribution is -0.148. The third kappa shape index (κ3) is 4.05. The second-order valence-electron chi connectivity index (χ2n) is 12.4. The zero-order valence-corrected chi connectivity index (χ0v) is 21.6. The van der Waals surface area contributed by atoms with Crippen molar-refractivity contribution in [2.24, 2.45) is 46.3 Å². The number of rotatable bonds is 5. The van der Waals surface area contributed by atoms with E-state index in [0.717, 1.165) is 31.1 Å². The van der Waals surface area contributed by atoms with Crippen LogP contribution in [0, 0.1) is 46.3 Å². The molecule has 0 saturated heterocycles. The third-order valence-electron chi connectivity index (χ3n) is 10.3. The van der Waals surface area contributed by atoms with Crippen molar-refractivity contribution in [2.75, 3.05) is 0 Å². The van der Waals surface area contributed by atoms with Crippen molar-refractivity contribution in [3.8, 4) is 0 Å². The first-order chi connectivity index (χ1) is 15.1. The summed E-state index contributed by atoms with van der Waals surface area (Å²) in [6.45, 7) is 16.1. The molecule has 0 N–H and O–H groups in total. The number of hydrogen-bond donors (Lipinski definition) is 0. The van der Waals surface area contributed by atoms with E-state index in [0.29, 0.717) is 29.1 Å². The summed E-state index contributed by atoms with van der Waals surface area (Å²) in [5.41, 5.74) is 3.98. The van der Waals surface area contributed by atoms with Crippen LogP contribution in [0.1, 0.15) is 93.4 Å². The van der Waals surface area contributed by atoms with Crippen molar-refractivity contribution in [3.05, 3.63) is 35.5 Å². The van der Waals surface area contributed by atoms with Crippen molar-refractivity contribution in [1.29, 1.82) is 0 Å². The Morgan fingerprint density at radius 2 is 1.75 bits per heavy atom. The van der Waals surface area contributed by atoms with E-state index in [1.165, 1.54) is 31.3 Å². The Bertz CT molecular complexity index is 817. The van der Waals surface area contributed by atoms with Crippen molar-refractivity contribution < 1.29 is 9.53 Å². The Balaban J connectivity index is 1.54. The molecular formula is C30H46O2. The van der Waals surface area contributed by atoms with Gasteiger partial charge in [-0.05, 0) is 84.9 Å². The first kappa shape index (κ1) is 23.8. The zero-order valence-electron chi connectivity index (χ0n) is 21.6. The van der Waals surface area contributed by atoms with Crippen LogP contribution in [0.2, 0.25) is 0 Å². The highest BCUT2D eigenvalue weighted by Crippen LogP contribution is 2.66. The molecule has 0 aromatic carbocycles. The molecule has 4 aliphatic carbocycles. The van der Waals surface area contributed by atoms with Crippen LogP contribution in [0.5, 0.6) is 0 Å². The summed E-state index contributed by atoms with van der Waals surface area (Å²) in [5.74, 6) is 4.11. The monoisotopic (exact) mass is 438 g/mol. The van der Waals surface area contributed by atoms with Crippen molar-refractivity contribution in [2.45, 2.75) is 99.5 Å². The molecule has 0 aromatic rings. The predicted molar refractivity (Wildman–Crippen MR) is 133 cm³/mol. The molecule has 3 fully saturated rings. The van der Waals surface area contributed by atoms with Gasteiger partial charge in [0.15, 0.2) is 0 Å². The summed E-state index contributed by atoms with van der Waals surface area (Å²) in [6.07, 6.45) is 18.5. The van der Waals surface area contributed by atoms with Crippen molar-refractivity contribution in [1.82, 2.24) is 0 Å². The summed E-state index contributed by atoms with van der Waals surface area (Å²) < 4.78 is 5.59. The first-order valence-electron chi connectivity index (χ1n) is 13.3. The van der Waals surface area contributed by atoms with Crippen LogP contribution in [-0.4, -0.2) is 12.1 Å². The number of ether oxygens (including phenoxy) is 1. The number of carbonyl (C=O) groups is 1. The van der Waals surface area contributed by atoms with E-state index < -0.39 is 0 Å². The van der Waals surface area contributed by atoms with Gasteiger partial charge in [0.25, 0.3) is 0 Å². The van der Waals surface area contributed by atoms with Crippen LogP contribution in [-0.2, 0) is 9.53 Å². The zero-order chi connectivity index (χ0) is 23.3. The second-order valence-corrected chi connectivity index (χ2v) is 12.4. The highest BCUT2D eigenvalue weighted by molar-refractivity contribution is 5.66. The van der Waals surface area contributed by atoms with Gasteiger partial charge in [-0.1, -0.05) is 77.0 Å². The molecule has 0 spiro atoms. The Morgan fingerprint density at radius 3 is 2.44 bits per heavy atom. The molecule has 0 aliphatic heterocycles. The van der Waals surface area contributed by atoms with E-state index in [9.17, 15) is 4.79 Å². The molecule has 0 radical (unpaired) electrons. The lowest BCUT2D eigenvalue weighted by atomic mass is 9.50. The van der Waals surface area contributed by atoms with E-state index >= 15 is 0 Å². The molecule has 2 nitrogen and oxygen atoms in total. The van der Waals surface area contributed by atoms with Crippen LogP contribution in [0.4, 0.5) is 0 Å². The SMILES string of the molecule is CC(=O)OC1CC[C@@]2(C)C(=CC=C3[C@@H]4CC[C@H]([C@H](C)/C=C/[C@H](C)C(C)C)[C@@]4(C)CC[C@@H]32)C1. The van der Waals surface area contributed by atoms with Crippen LogP contribution < -0.4 is 0 Å². The van der Waals surface area contributed by atoms with Crippen LogP contribution in [0.15, 0.2) is 35.5 Å². The smallest absolute Gasteiger partial charge is 0.302 e. The maximum atomic E-state index is 11.5. The van der Waals surface area contributed by atoms with Gasteiger partial charge in [0.1, 0.15) is 6.10 Å². The molecule has 0 aromatic heterocycles. The van der Waals surface area contributed by atoms with Gasteiger partial charge < -0.3 is 4.74 Å². The Kier molecular flexibility index (Phi) is 6.56. The lowest BCUT2D eigenvalue weighted by Crippen LogP contribution is -2.46. The molecule has 0 bridgehead atoms. The van der Waals surface area contributed by atoms with E-state index in [2.05, 4.69) is 65.8 Å². The quantitative estimate of drug-likeness (QED) is 0.322. The summed E-state index contributed by atoms with van der Waals surface area (Å²) in [4.78, 5) is 11.5. The predicted octanol–water partition coefficient (Wildman–Crippen LogP) is 7.90. The second kappa shape index (κ2) is 8.80. The van der Waals surface area contributed by atoms with Crippen molar-refractivity contribution in [3.63, 3.8) is 0 Å². The molecule has 1 unspecified atom stereocenters. The Hall–Kier alpha value is -1.31. The van der Waals surface area contributed by atoms with Gasteiger partial charge >= 0.3 is 5.97 Å². The summed E-state index contributed by atoms with van der Waals surface area (Å²) in [7, 11) is 0. The highest BCUT2D eigenvalue weighted by atomic mass is 16.5. The minimum Gasteiger partial charge on any atom is -0.462 e. The number of carbonyl (C=O) groups excluding carboxylic acids is 1. The van der Waals surface area contributed by atoms with Gasteiger partial charge in [0, 0.05) is 13.3 Å². The fourth-order valence-electron chi connectivity index (χ4n) is 7.92. The average molecular weight is 439 g/mol. The third-order valence-corrected chi connectivity index (χ3v) is 10.3. The molecule has 2 heteroatoms. The molecule has 4 aliphatic rings. The van der Waals surface area contributed by atoms with Gasteiger partial charge in [0.2, 0.25) is 0 Å². The Labute approximate surface area is 197 Å². The molecule has 0 amide bonds. The maximum absolute atomic E-state index is 11.5. The molecule has 3 saturated carbocycles. The summed E-state index contributed by atoms with van der Waals surface area (Å²) in [5, 5.41) is 0. The molecule has 8 atom stereocenters. The van der Waals surface area contributed by atoms with E-state index in [1.807, 2.05) is 0 Å². The van der Waals surface area contributed by atoms with Crippen LogP contribution in [0.25, 0.3) is 0 Å². The fraction of sp³-hybridized carbons (Fsp3) is 0.767. The molecular weight excluding hydrogens is 392 g/mol.